The average molecular weight is 486 g/mol. The molecule has 0 radical (unpaired) electrons. The number of para-hydroxylation sites is 1. The third-order valence-corrected chi connectivity index (χ3v) is 6.40. The summed E-state index contributed by atoms with van der Waals surface area (Å²) in [7, 11) is 0. The number of amides is 1. The van der Waals surface area contributed by atoms with E-state index in [1.165, 1.54) is 10.3 Å². The Bertz CT molecular complexity index is 1160. The molecule has 0 fully saturated rings. The number of carbonyl (C=O) groups excluding carboxylic acids is 1. The van der Waals surface area contributed by atoms with E-state index in [1.54, 1.807) is 36.0 Å². The molecule has 29 heavy (non-hydrogen) atoms. The van der Waals surface area contributed by atoms with Gasteiger partial charge >= 0.3 is 0 Å². The number of H-pyrrole nitrogens is 1. The zero-order valence-corrected chi connectivity index (χ0v) is 18.6. The number of hydrogen-bond donors (Lipinski definition) is 2. The number of rotatable bonds is 6. The molecule has 3 nitrogen and oxygen atoms in total. The van der Waals surface area contributed by atoms with Crippen LogP contribution in [0.1, 0.15) is 10.4 Å². The summed E-state index contributed by atoms with van der Waals surface area (Å²) in [6.07, 6.45) is 0. The molecule has 1 amide bonds. The van der Waals surface area contributed by atoms with Gasteiger partial charge in [-0.2, -0.15) is 0 Å². The van der Waals surface area contributed by atoms with Crippen LogP contribution in [0.15, 0.2) is 82.2 Å². The molecule has 0 aliphatic heterocycles. The number of thioether (sulfide) groups is 1. The Morgan fingerprint density at radius 2 is 1.83 bits per heavy atom. The van der Waals surface area contributed by atoms with Gasteiger partial charge in [0.25, 0.3) is 5.91 Å². The number of halogens is 2. The van der Waals surface area contributed by atoms with Crippen molar-refractivity contribution >= 4 is 56.1 Å². The molecule has 3 aromatic carbocycles. The predicted octanol–water partition coefficient (Wildman–Crippen LogP) is 6.77. The highest BCUT2D eigenvalue weighted by molar-refractivity contribution is 9.10. The number of aromatic nitrogens is 1. The summed E-state index contributed by atoms with van der Waals surface area (Å²) in [5.74, 6) is 0.651. The Morgan fingerprint density at radius 1 is 1.03 bits per heavy atom. The van der Waals surface area contributed by atoms with Gasteiger partial charge in [-0.25, -0.2) is 0 Å². The van der Waals surface area contributed by atoms with Crippen molar-refractivity contribution < 1.29 is 4.79 Å². The van der Waals surface area contributed by atoms with Gasteiger partial charge in [-0.1, -0.05) is 63.9 Å². The fourth-order valence-corrected chi connectivity index (χ4v) is 4.64. The topological polar surface area (TPSA) is 44.9 Å². The standard InChI is InChI=1S/C23H18BrClN2OS/c24-17-10-8-15(9-11-17)21-22(19-6-1-2-7-20(19)27-21)29-13-12-26-23(28)16-4-3-5-18(25)14-16/h1-11,14,27H,12-13H2,(H,26,28). The molecular weight excluding hydrogens is 468 g/mol. The quantitative estimate of drug-likeness (QED) is 0.234. The highest BCUT2D eigenvalue weighted by Gasteiger charge is 2.14. The van der Waals surface area contributed by atoms with Crippen LogP contribution >= 0.6 is 39.3 Å². The number of aromatic amines is 1. The lowest BCUT2D eigenvalue weighted by Crippen LogP contribution is -2.25. The Kier molecular flexibility index (Phi) is 6.28. The Morgan fingerprint density at radius 3 is 2.62 bits per heavy atom. The Labute approximate surface area is 187 Å². The summed E-state index contributed by atoms with van der Waals surface area (Å²) >= 11 is 11.2. The van der Waals surface area contributed by atoms with E-state index in [1.807, 2.05) is 24.3 Å². The van der Waals surface area contributed by atoms with Crippen LogP contribution in [0.3, 0.4) is 0 Å². The third-order valence-electron chi connectivity index (χ3n) is 4.51. The van der Waals surface area contributed by atoms with Crippen LogP contribution in [0.25, 0.3) is 22.2 Å². The van der Waals surface area contributed by atoms with Gasteiger partial charge in [-0.05, 0) is 42.0 Å². The first kappa shape index (κ1) is 20.1. The fourth-order valence-electron chi connectivity index (χ4n) is 3.14. The van der Waals surface area contributed by atoms with Gasteiger partial charge in [-0.15, -0.1) is 11.8 Å². The maximum absolute atomic E-state index is 12.3. The lowest BCUT2D eigenvalue weighted by atomic mass is 10.1. The first-order valence-electron chi connectivity index (χ1n) is 9.15. The van der Waals surface area contributed by atoms with Crippen molar-refractivity contribution in [2.45, 2.75) is 4.90 Å². The summed E-state index contributed by atoms with van der Waals surface area (Å²) in [6, 6.07) is 23.5. The van der Waals surface area contributed by atoms with Gasteiger partial charge in [0, 0.05) is 43.2 Å². The molecule has 2 N–H and O–H groups in total. The van der Waals surface area contributed by atoms with Gasteiger partial charge in [0.1, 0.15) is 0 Å². The maximum Gasteiger partial charge on any atom is 0.251 e. The summed E-state index contributed by atoms with van der Waals surface area (Å²) in [5.41, 5.74) is 3.92. The summed E-state index contributed by atoms with van der Waals surface area (Å²) in [4.78, 5) is 17.0. The van der Waals surface area contributed by atoms with Crippen LogP contribution in [0.5, 0.6) is 0 Å². The number of fused-ring (bicyclic) bond motifs is 1. The number of nitrogens with one attached hydrogen (secondary N) is 2. The minimum atomic E-state index is -0.111. The SMILES string of the molecule is O=C(NCCSc1c(-c2ccc(Br)cc2)[nH]c2ccccc12)c1cccc(Cl)c1. The van der Waals surface area contributed by atoms with E-state index in [2.05, 4.69) is 50.5 Å². The highest BCUT2D eigenvalue weighted by Crippen LogP contribution is 2.37. The van der Waals surface area contributed by atoms with E-state index < -0.39 is 0 Å². The van der Waals surface area contributed by atoms with E-state index in [0.29, 0.717) is 17.1 Å². The van der Waals surface area contributed by atoms with Crippen molar-refractivity contribution in [1.82, 2.24) is 10.3 Å². The van der Waals surface area contributed by atoms with Crippen LogP contribution < -0.4 is 5.32 Å². The van der Waals surface area contributed by atoms with Crippen LogP contribution in [0.4, 0.5) is 0 Å². The molecule has 0 saturated carbocycles. The van der Waals surface area contributed by atoms with Crippen LogP contribution in [-0.2, 0) is 0 Å². The van der Waals surface area contributed by atoms with Gasteiger partial charge in [-0.3, -0.25) is 4.79 Å². The largest absolute Gasteiger partial charge is 0.354 e. The van der Waals surface area contributed by atoms with Gasteiger partial charge < -0.3 is 10.3 Å². The zero-order valence-electron chi connectivity index (χ0n) is 15.4. The van der Waals surface area contributed by atoms with E-state index in [9.17, 15) is 4.79 Å². The molecule has 6 heteroatoms. The van der Waals surface area contributed by atoms with E-state index in [4.69, 9.17) is 11.6 Å². The average Bonchev–Trinajstić information content (AvgIpc) is 3.10. The molecule has 1 aromatic heterocycles. The molecule has 1 heterocycles. The molecule has 0 aliphatic rings. The summed E-state index contributed by atoms with van der Waals surface area (Å²) < 4.78 is 1.05. The molecule has 0 bridgehead atoms. The normalized spacial score (nSPS) is 11.0. The number of carbonyl (C=O) groups is 1. The molecule has 0 aliphatic carbocycles. The monoisotopic (exact) mass is 484 g/mol. The minimum Gasteiger partial charge on any atom is -0.354 e. The zero-order chi connectivity index (χ0) is 20.2. The van der Waals surface area contributed by atoms with E-state index in [-0.39, 0.29) is 5.91 Å². The lowest BCUT2D eigenvalue weighted by Gasteiger charge is -2.08. The maximum atomic E-state index is 12.3. The van der Waals surface area contributed by atoms with Gasteiger partial charge in [0.15, 0.2) is 0 Å². The second kappa shape index (κ2) is 9.08. The molecular formula is C23H18BrClN2OS. The van der Waals surface area contributed by atoms with Crippen molar-refractivity contribution in [2.24, 2.45) is 0 Å². The summed E-state index contributed by atoms with van der Waals surface area (Å²) in [6.45, 7) is 0.565. The second-order valence-electron chi connectivity index (χ2n) is 6.50. The Hall–Kier alpha value is -2.21. The molecule has 0 spiro atoms. The van der Waals surface area contributed by atoms with E-state index >= 15 is 0 Å². The fraction of sp³-hybridized carbons (Fsp3) is 0.0870. The lowest BCUT2D eigenvalue weighted by molar-refractivity contribution is 0.0956. The first-order valence-corrected chi connectivity index (χ1v) is 11.3. The second-order valence-corrected chi connectivity index (χ2v) is 8.95. The molecule has 0 saturated heterocycles. The Balaban J connectivity index is 1.49. The highest BCUT2D eigenvalue weighted by atomic mass is 79.9. The minimum absolute atomic E-state index is 0.111. The van der Waals surface area contributed by atoms with Gasteiger partial charge in [0.05, 0.1) is 5.69 Å². The molecule has 0 atom stereocenters. The van der Waals surface area contributed by atoms with Crippen molar-refractivity contribution in [1.29, 1.82) is 0 Å². The molecule has 4 rings (SSSR count). The smallest absolute Gasteiger partial charge is 0.251 e. The van der Waals surface area contributed by atoms with Crippen molar-refractivity contribution in [3.05, 3.63) is 87.9 Å². The predicted molar refractivity (Wildman–Crippen MR) is 126 cm³/mol. The number of hydrogen-bond acceptors (Lipinski definition) is 2. The van der Waals surface area contributed by atoms with Crippen LogP contribution in [0, 0.1) is 0 Å². The molecule has 0 unspecified atom stereocenters. The van der Waals surface area contributed by atoms with Gasteiger partial charge in [0.2, 0.25) is 0 Å². The molecule has 4 aromatic rings. The van der Waals surface area contributed by atoms with Crippen molar-refractivity contribution in [3.63, 3.8) is 0 Å². The number of benzene rings is 3. The van der Waals surface area contributed by atoms with Crippen LogP contribution in [-0.4, -0.2) is 23.2 Å². The van der Waals surface area contributed by atoms with Crippen molar-refractivity contribution in [2.75, 3.05) is 12.3 Å². The summed E-state index contributed by atoms with van der Waals surface area (Å²) in [5, 5.41) is 4.72. The van der Waals surface area contributed by atoms with Crippen LogP contribution in [0.2, 0.25) is 5.02 Å². The third kappa shape index (κ3) is 4.69. The molecule has 146 valence electrons. The van der Waals surface area contributed by atoms with Crippen molar-refractivity contribution in [3.8, 4) is 11.3 Å². The first-order chi connectivity index (χ1) is 14.1. The van der Waals surface area contributed by atoms with E-state index in [0.717, 1.165) is 27.0 Å².